The van der Waals surface area contributed by atoms with E-state index in [1.54, 1.807) is 0 Å². The van der Waals surface area contributed by atoms with E-state index in [9.17, 15) is 0 Å². The smallest absolute Gasteiger partial charge is 0.190 e. The Morgan fingerprint density at radius 2 is 1.85 bits per heavy atom. The minimum atomic E-state index is 0.860. The maximum atomic E-state index is 4.30. The third kappa shape index (κ3) is 4.88. The summed E-state index contributed by atoms with van der Waals surface area (Å²) in [4.78, 5) is 4.29. The molecule has 0 unspecified atom stereocenters. The molecule has 6 nitrogen and oxygen atoms in total. The van der Waals surface area contributed by atoms with Crippen LogP contribution in [0.2, 0.25) is 0 Å². The van der Waals surface area contributed by atoms with Crippen molar-refractivity contribution < 1.29 is 0 Å². The zero-order valence-electron chi connectivity index (χ0n) is 15.7. The minimum absolute atomic E-state index is 0.860. The molecule has 0 saturated heterocycles. The summed E-state index contributed by atoms with van der Waals surface area (Å²) in [6.07, 6.45) is 8.18. The Morgan fingerprint density at radius 3 is 2.58 bits per heavy atom. The van der Waals surface area contributed by atoms with Gasteiger partial charge in [-0.1, -0.05) is 18.2 Å². The number of hydrogen-bond donors (Lipinski definition) is 2. The number of nitrogens with one attached hydrogen (secondary N) is 2. The molecule has 2 aromatic heterocycles. The maximum absolute atomic E-state index is 4.30. The number of aryl methyl sites for hydroxylation is 3. The summed E-state index contributed by atoms with van der Waals surface area (Å²) in [7, 11) is 1.81. The van der Waals surface area contributed by atoms with Gasteiger partial charge >= 0.3 is 0 Å². The van der Waals surface area contributed by atoms with Crippen LogP contribution >= 0.6 is 0 Å². The normalized spacial score (nSPS) is 11.8. The van der Waals surface area contributed by atoms with Crippen LogP contribution in [0, 0.1) is 6.92 Å². The van der Waals surface area contributed by atoms with Crippen LogP contribution in [0.1, 0.15) is 18.4 Å². The van der Waals surface area contributed by atoms with Crippen LogP contribution in [0.4, 0.5) is 0 Å². The summed E-state index contributed by atoms with van der Waals surface area (Å²) in [5.41, 5.74) is 2.50. The predicted molar refractivity (Wildman–Crippen MR) is 108 cm³/mol. The average Bonchev–Trinajstić information content (AvgIpc) is 3.26. The summed E-state index contributed by atoms with van der Waals surface area (Å²) in [6.45, 7) is 5.74. The molecule has 0 spiro atoms. The first kappa shape index (κ1) is 18.0. The number of rotatable bonds is 8. The van der Waals surface area contributed by atoms with E-state index in [4.69, 9.17) is 0 Å². The second kappa shape index (κ2) is 9.08. The molecule has 6 heteroatoms. The lowest BCUT2D eigenvalue weighted by molar-refractivity contribution is 0.568. The molecule has 3 aromatic rings. The van der Waals surface area contributed by atoms with E-state index >= 15 is 0 Å². The Morgan fingerprint density at radius 1 is 1.08 bits per heavy atom. The Bertz CT molecular complexity index is 845. The Hall–Kier alpha value is -2.76. The molecule has 2 heterocycles. The van der Waals surface area contributed by atoms with Gasteiger partial charge in [-0.3, -0.25) is 9.67 Å². The van der Waals surface area contributed by atoms with Crippen molar-refractivity contribution in [3.8, 4) is 0 Å². The highest BCUT2D eigenvalue weighted by molar-refractivity contribution is 5.80. The molecule has 138 valence electrons. The molecule has 1 aromatic carbocycles. The summed E-state index contributed by atoms with van der Waals surface area (Å²) in [6, 6.07) is 10.7. The van der Waals surface area contributed by atoms with Gasteiger partial charge in [-0.25, -0.2) is 0 Å². The van der Waals surface area contributed by atoms with E-state index < -0.39 is 0 Å². The van der Waals surface area contributed by atoms with Gasteiger partial charge in [0.15, 0.2) is 5.96 Å². The van der Waals surface area contributed by atoms with Crippen molar-refractivity contribution in [3.63, 3.8) is 0 Å². The largest absolute Gasteiger partial charge is 0.356 e. The summed E-state index contributed by atoms with van der Waals surface area (Å²) < 4.78 is 4.29. The summed E-state index contributed by atoms with van der Waals surface area (Å²) in [5.74, 6) is 0.860. The number of guanidine groups is 1. The van der Waals surface area contributed by atoms with Crippen LogP contribution in [-0.2, 0) is 13.1 Å². The lowest BCUT2D eigenvalue weighted by Gasteiger charge is -2.12. The summed E-state index contributed by atoms with van der Waals surface area (Å²) >= 11 is 0. The Labute approximate surface area is 154 Å². The lowest BCUT2D eigenvalue weighted by atomic mass is 10.2. The van der Waals surface area contributed by atoms with Gasteiger partial charge in [0.25, 0.3) is 0 Å². The van der Waals surface area contributed by atoms with Gasteiger partial charge in [0, 0.05) is 51.1 Å². The molecule has 0 aliphatic rings. The highest BCUT2D eigenvalue weighted by atomic mass is 15.3. The number of fused-ring (bicyclic) bond motifs is 1. The third-order valence-electron chi connectivity index (χ3n) is 4.39. The van der Waals surface area contributed by atoms with Crippen molar-refractivity contribution in [1.29, 1.82) is 0 Å². The molecule has 0 saturated carbocycles. The van der Waals surface area contributed by atoms with Crippen molar-refractivity contribution in [2.24, 2.45) is 4.99 Å². The number of para-hydroxylation sites is 1. The Kier molecular flexibility index (Phi) is 6.30. The van der Waals surface area contributed by atoms with Crippen molar-refractivity contribution in [2.45, 2.75) is 32.9 Å². The standard InChI is InChI=1S/C20H28N6/c1-17-15-24-26(16-17)13-6-11-23-20(21-2)22-10-5-12-25-14-9-18-7-3-4-8-19(18)25/h3-4,7-9,14-16H,5-6,10-13H2,1-2H3,(H2,21,22,23). The van der Waals surface area contributed by atoms with E-state index in [1.165, 1.54) is 16.5 Å². The number of nitrogens with zero attached hydrogens (tertiary/aromatic N) is 4. The lowest BCUT2D eigenvalue weighted by Crippen LogP contribution is -2.38. The monoisotopic (exact) mass is 352 g/mol. The number of aliphatic imine (C=N–C) groups is 1. The topological polar surface area (TPSA) is 59.2 Å². The zero-order chi connectivity index (χ0) is 18.2. The fourth-order valence-corrected chi connectivity index (χ4v) is 3.05. The van der Waals surface area contributed by atoms with Gasteiger partial charge in [0.1, 0.15) is 0 Å². The second-order valence-corrected chi connectivity index (χ2v) is 6.48. The van der Waals surface area contributed by atoms with Crippen LogP contribution in [0.25, 0.3) is 10.9 Å². The van der Waals surface area contributed by atoms with Crippen molar-refractivity contribution >= 4 is 16.9 Å². The number of benzene rings is 1. The fraction of sp³-hybridized carbons (Fsp3) is 0.400. The van der Waals surface area contributed by atoms with Crippen LogP contribution < -0.4 is 10.6 Å². The summed E-state index contributed by atoms with van der Waals surface area (Å²) in [5, 5.41) is 12.3. The zero-order valence-corrected chi connectivity index (χ0v) is 15.7. The van der Waals surface area contributed by atoms with Crippen LogP contribution in [0.15, 0.2) is 53.9 Å². The van der Waals surface area contributed by atoms with Crippen molar-refractivity contribution in [1.82, 2.24) is 25.0 Å². The first-order valence-corrected chi connectivity index (χ1v) is 9.24. The van der Waals surface area contributed by atoms with Crippen molar-refractivity contribution in [2.75, 3.05) is 20.1 Å². The molecule has 0 atom stereocenters. The third-order valence-corrected chi connectivity index (χ3v) is 4.39. The molecule has 0 radical (unpaired) electrons. The fourth-order valence-electron chi connectivity index (χ4n) is 3.05. The first-order valence-electron chi connectivity index (χ1n) is 9.24. The highest BCUT2D eigenvalue weighted by Crippen LogP contribution is 2.15. The van der Waals surface area contributed by atoms with E-state index in [0.717, 1.165) is 45.0 Å². The van der Waals surface area contributed by atoms with Gasteiger partial charge in [-0.15, -0.1) is 0 Å². The molecule has 26 heavy (non-hydrogen) atoms. The molecular formula is C20H28N6. The SMILES string of the molecule is CN=C(NCCCn1cc(C)cn1)NCCCn1ccc2ccccc21. The highest BCUT2D eigenvalue weighted by Gasteiger charge is 2.01. The second-order valence-electron chi connectivity index (χ2n) is 6.48. The molecule has 0 fully saturated rings. The number of aromatic nitrogens is 3. The first-order chi connectivity index (χ1) is 12.8. The molecule has 3 rings (SSSR count). The van der Waals surface area contributed by atoms with E-state index in [2.05, 4.69) is 74.9 Å². The average molecular weight is 352 g/mol. The van der Waals surface area contributed by atoms with E-state index in [0.29, 0.717) is 0 Å². The molecule has 0 bridgehead atoms. The van der Waals surface area contributed by atoms with Gasteiger partial charge in [-0.05, 0) is 42.8 Å². The van der Waals surface area contributed by atoms with Crippen LogP contribution in [-0.4, -0.2) is 40.4 Å². The molecule has 0 amide bonds. The molecule has 2 N–H and O–H groups in total. The maximum Gasteiger partial charge on any atom is 0.190 e. The number of hydrogen-bond acceptors (Lipinski definition) is 2. The van der Waals surface area contributed by atoms with Gasteiger partial charge in [0.05, 0.1) is 6.20 Å². The molecule has 0 aliphatic heterocycles. The van der Waals surface area contributed by atoms with E-state index in [-0.39, 0.29) is 0 Å². The molecule has 0 aliphatic carbocycles. The van der Waals surface area contributed by atoms with Crippen molar-refractivity contribution in [3.05, 3.63) is 54.5 Å². The van der Waals surface area contributed by atoms with Gasteiger partial charge in [0.2, 0.25) is 0 Å². The predicted octanol–water partition coefficient (Wildman–Crippen LogP) is 2.79. The minimum Gasteiger partial charge on any atom is -0.356 e. The van der Waals surface area contributed by atoms with Gasteiger partial charge < -0.3 is 15.2 Å². The molecular weight excluding hydrogens is 324 g/mol. The van der Waals surface area contributed by atoms with Crippen LogP contribution in [0.5, 0.6) is 0 Å². The van der Waals surface area contributed by atoms with E-state index in [1.807, 2.05) is 17.9 Å². The van der Waals surface area contributed by atoms with Gasteiger partial charge in [-0.2, -0.15) is 5.10 Å². The Balaban J connectivity index is 1.34. The van der Waals surface area contributed by atoms with Crippen LogP contribution in [0.3, 0.4) is 0 Å². The quantitative estimate of drug-likeness (QED) is 0.372.